The number of rotatable bonds is 1. The van der Waals surface area contributed by atoms with Gasteiger partial charge in [-0.1, -0.05) is 28.3 Å². The predicted octanol–water partition coefficient (Wildman–Crippen LogP) is 4.07. The molecule has 0 fully saturated rings. The van der Waals surface area contributed by atoms with Crippen LogP contribution in [0, 0.1) is 5.82 Å². The van der Waals surface area contributed by atoms with E-state index in [2.05, 4.69) is 10.0 Å². The fraction of sp³-hybridized carbons (Fsp3) is 0. The van der Waals surface area contributed by atoms with Gasteiger partial charge < -0.3 is 0 Å². The molecule has 0 amide bonds. The van der Waals surface area contributed by atoms with Crippen molar-refractivity contribution in [2.75, 3.05) is 0 Å². The Balaban J connectivity index is 3.32. The third-order valence-electron chi connectivity index (χ3n) is 1.14. The molecule has 0 N–H and O–H groups in total. The maximum Gasteiger partial charge on any atom is 0.142 e. The summed E-state index contributed by atoms with van der Waals surface area (Å²) in [6.07, 6.45) is 0. The summed E-state index contributed by atoms with van der Waals surface area (Å²) in [5.41, 5.74) is 8.08. The number of benzene rings is 1. The minimum Gasteiger partial charge on any atom is -0.205 e. The van der Waals surface area contributed by atoms with E-state index < -0.39 is 5.82 Å². The van der Waals surface area contributed by atoms with Crippen molar-refractivity contribution in [3.05, 3.63) is 38.4 Å². The first-order chi connectivity index (χ1) is 5.65. The molecule has 12 heavy (non-hydrogen) atoms. The van der Waals surface area contributed by atoms with E-state index in [1.54, 1.807) is 0 Å². The molecule has 0 radical (unpaired) electrons. The van der Waals surface area contributed by atoms with Gasteiger partial charge in [0, 0.05) is 4.91 Å². The quantitative estimate of drug-likeness (QED) is 0.287. The van der Waals surface area contributed by atoms with Crippen molar-refractivity contribution in [2.45, 2.75) is 0 Å². The fourth-order valence-corrected chi connectivity index (χ4v) is 1.06. The number of halogens is 3. The molecule has 6 heteroatoms. The largest absolute Gasteiger partial charge is 0.205 e. The van der Waals surface area contributed by atoms with Crippen LogP contribution in [0.4, 0.5) is 10.1 Å². The van der Waals surface area contributed by atoms with Crippen LogP contribution in [0.2, 0.25) is 10.0 Å². The van der Waals surface area contributed by atoms with Crippen LogP contribution < -0.4 is 0 Å². The Kier molecular flexibility index (Phi) is 2.76. The molecule has 0 unspecified atom stereocenters. The van der Waals surface area contributed by atoms with Crippen molar-refractivity contribution in [2.24, 2.45) is 5.11 Å². The van der Waals surface area contributed by atoms with E-state index in [9.17, 15) is 4.39 Å². The molecule has 1 rings (SSSR count). The van der Waals surface area contributed by atoms with E-state index in [1.165, 1.54) is 6.07 Å². The highest BCUT2D eigenvalue weighted by molar-refractivity contribution is 6.36. The van der Waals surface area contributed by atoms with Gasteiger partial charge in [-0.25, -0.2) is 4.39 Å². The minimum atomic E-state index is -0.663. The van der Waals surface area contributed by atoms with Gasteiger partial charge in [-0.05, 0) is 17.7 Å². The minimum absolute atomic E-state index is 0.0288. The number of azide groups is 1. The van der Waals surface area contributed by atoms with Crippen LogP contribution in [0.25, 0.3) is 10.4 Å². The summed E-state index contributed by atoms with van der Waals surface area (Å²) in [6, 6.07) is 2.16. The molecule has 3 nitrogen and oxygen atoms in total. The Morgan fingerprint density at radius 1 is 1.33 bits per heavy atom. The number of nitrogens with zero attached hydrogens (tertiary/aromatic N) is 3. The summed E-state index contributed by atoms with van der Waals surface area (Å²) in [5.74, 6) is -0.663. The molecular formula is C6H2Cl2FN3. The highest BCUT2D eigenvalue weighted by atomic mass is 35.5. The zero-order chi connectivity index (χ0) is 9.14. The third kappa shape index (κ3) is 1.80. The molecule has 0 saturated carbocycles. The molecule has 62 valence electrons. The van der Waals surface area contributed by atoms with Crippen LogP contribution in [0.3, 0.4) is 0 Å². The molecule has 0 heterocycles. The molecule has 0 aliphatic carbocycles. The van der Waals surface area contributed by atoms with Crippen LogP contribution in [-0.4, -0.2) is 0 Å². The SMILES string of the molecule is [N-]=[N+]=Nc1cc(F)c(Cl)cc1Cl. The molecule has 0 saturated heterocycles. The second-order valence-electron chi connectivity index (χ2n) is 1.91. The highest BCUT2D eigenvalue weighted by Crippen LogP contribution is 2.30. The Morgan fingerprint density at radius 2 is 2.00 bits per heavy atom. The van der Waals surface area contributed by atoms with Gasteiger partial charge in [0.15, 0.2) is 0 Å². The Labute approximate surface area is 77.3 Å². The lowest BCUT2D eigenvalue weighted by Gasteiger charge is -1.97. The lowest BCUT2D eigenvalue weighted by atomic mass is 10.3. The Hall–Kier alpha value is -0.960. The van der Waals surface area contributed by atoms with E-state index in [0.717, 1.165) is 6.07 Å². The topological polar surface area (TPSA) is 48.8 Å². The summed E-state index contributed by atoms with van der Waals surface area (Å²) >= 11 is 11.0. The van der Waals surface area contributed by atoms with Crippen LogP contribution >= 0.6 is 23.2 Å². The van der Waals surface area contributed by atoms with E-state index in [4.69, 9.17) is 28.7 Å². The van der Waals surface area contributed by atoms with Crippen LogP contribution in [0.1, 0.15) is 0 Å². The van der Waals surface area contributed by atoms with Gasteiger partial charge in [0.2, 0.25) is 0 Å². The van der Waals surface area contributed by atoms with Crippen molar-refractivity contribution in [1.82, 2.24) is 0 Å². The first kappa shape index (κ1) is 9.13. The second-order valence-corrected chi connectivity index (χ2v) is 2.72. The van der Waals surface area contributed by atoms with Gasteiger partial charge in [0.25, 0.3) is 0 Å². The third-order valence-corrected chi connectivity index (χ3v) is 1.73. The molecular weight excluding hydrogens is 204 g/mol. The van der Waals surface area contributed by atoms with Gasteiger partial charge >= 0.3 is 0 Å². The molecule has 0 atom stereocenters. The molecule has 0 bridgehead atoms. The number of hydrogen-bond donors (Lipinski definition) is 0. The smallest absolute Gasteiger partial charge is 0.142 e. The van der Waals surface area contributed by atoms with Gasteiger partial charge in [0.1, 0.15) is 5.82 Å². The lowest BCUT2D eigenvalue weighted by molar-refractivity contribution is 0.628. The average Bonchev–Trinajstić information content (AvgIpc) is 2.01. The summed E-state index contributed by atoms with van der Waals surface area (Å²) in [4.78, 5) is 2.47. The molecule has 0 aromatic heterocycles. The maximum absolute atomic E-state index is 12.7. The monoisotopic (exact) mass is 205 g/mol. The average molecular weight is 206 g/mol. The lowest BCUT2D eigenvalue weighted by Crippen LogP contribution is -1.76. The Morgan fingerprint density at radius 3 is 2.58 bits per heavy atom. The molecule has 0 spiro atoms. The van der Waals surface area contributed by atoms with Crippen molar-refractivity contribution >= 4 is 28.9 Å². The maximum atomic E-state index is 12.7. The van der Waals surface area contributed by atoms with Crippen molar-refractivity contribution in [3.63, 3.8) is 0 Å². The number of hydrogen-bond acceptors (Lipinski definition) is 1. The van der Waals surface area contributed by atoms with Gasteiger partial charge in [-0.15, -0.1) is 0 Å². The first-order valence-electron chi connectivity index (χ1n) is 2.85. The Bertz CT molecular complexity index is 360. The highest BCUT2D eigenvalue weighted by Gasteiger charge is 2.04. The van der Waals surface area contributed by atoms with Gasteiger partial charge in [-0.2, -0.15) is 0 Å². The van der Waals surface area contributed by atoms with Crippen LogP contribution in [0.15, 0.2) is 17.2 Å². The van der Waals surface area contributed by atoms with E-state index in [1.807, 2.05) is 0 Å². The van der Waals surface area contributed by atoms with Gasteiger partial charge in [-0.3, -0.25) is 0 Å². The molecule has 0 aliphatic heterocycles. The summed E-state index contributed by atoms with van der Waals surface area (Å²) in [6.45, 7) is 0. The van der Waals surface area contributed by atoms with Crippen molar-refractivity contribution in [1.29, 1.82) is 0 Å². The van der Waals surface area contributed by atoms with E-state index in [-0.39, 0.29) is 15.7 Å². The molecule has 1 aromatic rings. The van der Waals surface area contributed by atoms with Crippen molar-refractivity contribution < 1.29 is 4.39 Å². The van der Waals surface area contributed by atoms with E-state index in [0.29, 0.717) is 0 Å². The van der Waals surface area contributed by atoms with Crippen LogP contribution in [-0.2, 0) is 0 Å². The second kappa shape index (κ2) is 3.63. The summed E-state index contributed by atoms with van der Waals surface area (Å²) in [5, 5.41) is 3.18. The van der Waals surface area contributed by atoms with E-state index >= 15 is 0 Å². The molecule has 0 aliphatic rings. The predicted molar refractivity (Wildman–Crippen MR) is 45.2 cm³/mol. The van der Waals surface area contributed by atoms with Crippen LogP contribution in [0.5, 0.6) is 0 Å². The van der Waals surface area contributed by atoms with Crippen molar-refractivity contribution in [3.8, 4) is 0 Å². The van der Waals surface area contributed by atoms with Gasteiger partial charge in [0.05, 0.1) is 15.7 Å². The molecule has 1 aromatic carbocycles. The summed E-state index contributed by atoms with van der Waals surface area (Å²) in [7, 11) is 0. The fourth-order valence-electron chi connectivity index (χ4n) is 0.637. The summed E-state index contributed by atoms with van der Waals surface area (Å²) < 4.78 is 12.7. The zero-order valence-electron chi connectivity index (χ0n) is 5.63. The normalized spacial score (nSPS) is 9.25. The zero-order valence-corrected chi connectivity index (χ0v) is 7.14. The first-order valence-corrected chi connectivity index (χ1v) is 3.60. The standard InChI is InChI=1S/C6H2Cl2FN3/c7-3-1-4(8)6(11-12-10)2-5(3)9/h1-2H.